The zero-order valence-corrected chi connectivity index (χ0v) is 12.4. The normalized spacial score (nSPS) is 13.2. The van der Waals surface area contributed by atoms with Gasteiger partial charge < -0.3 is 10.4 Å². The molecule has 6 heteroatoms. The predicted octanol–water partition coefficient (Wildman–Crippen LogP) is 1.98. The average Bonchev–Trinajstić information content (AvgIpc) is 2.53. The molecule has 0 aliphatic carbocycles. The van der Waals surface area contributed by atoms with Crippen molar-refractivity contribution in [3.63, 3.8) is 0 Å². The van der Waals surface area contributed by atoms with E-state index in [0.717, 1.165) is 5.56 Å². The fourth-order valence-electron chi connectivity index (χ4n) is 2.02. The number of aliphatic carboxylic acids is 1. The van der Waals surface area contributed by atoms with Gasteiger partial charge in [-0.3, -0.25) is 14.6 Å². The Morgan fingerprint density at radius 3 is 2.36 bits per heavy atom. The number of benzene rings is 1. The lowest BCUT2D eigenvalue weighted by Crippen LogP contribution is -2.36. The Bertz CT molecular complexity index is 656. The minimum Gasteiger partial charge on any atom is -0.481 e. The second-order valence-corrected chi connectivity index (χ2v) is 5.03. The summed E-state index contributed by atoms with van der Waals surface area (Å²) in [6.07, 6.45) is 2.87. The zero-order valence-electron chi connectivity index (χ0n) is 12.4. The Morgan fingerprint density at radius 2 is 1.82 bits per heavy atom. The van der Waals surface area contributed by atoms with Crippen molar-refractivity contribution < 1.29 is 14.7 Å². The Balaban J connectivity index is 2.25. The molecule has 1 amide bonds. The van der Waals surface area contributed by atoms with Gasteiger partial charge in [-0.2, -0.15) is 0 Å². The Morgan fingerprint density at radius 1 is 1.14 bits per heavy atom. The van der Waals surface area contributed by atoms with Crippen molar-refractivity contribution in [1.29, 1.82) is 0 Å². The number of carbonyl (C=O) groups excluding carboxylic acids is 1. The molecule has 0 bridgehead atoms. The maximum Gasteiger partial charge on any atom is 0.308 e. The van der Waals surface area contributed by atoms with Gasteiger partial charge in [0.15, 0.2) is 0 Å². The summed E-state index contributed by atoms with van der Waals surface area (Å²) in [6.45, 7) is 3.33. The number of amides is 1. The van der Waals surface area contributed by atoms with Crippen molar-refractivity contribution in [2.45, 2.75) is 19.9 Å². The van der Waals surface area contributed by atoms with Crippen LogP contribution in [0.1, 0.15) is 34.7 Å². The van der Waals surface area contributed by atoms with E-state index in [9.17, 15) is 14.7 Å². The Labute approximate surface area is 128 Å². The van der Waals surface area contributed by atoms with Gasteiger partial charge in [0.1, 0.15) is 5.69 Å². The van der Waals surface area contributed by atoms with E-state index >= 15 is 0 Å². The van der Waals surface area contributed by atoms with Gasteiger partial charge in [0.25, 0.3) is 5.91 Å². The number of nitrogens with one attached hydrogen (secondary N) is 1. The molecule has 2 unspecified atom stereocenters. The summed E-state index contributed by atoms with van der Waals surface area (Å²) in [5, 5.41) is 12.0. The molecule has 22 heavy (non-hydrogen) atoms. The monoisotopic (exact) mass is 299 g/mol. The van der Waals surface area contributed by atoms with Crippen LogP contribution in [0, 0.1) is 12.8 Å². The van der Waals surface area contributed by atoms with Crippen molar-refractivity contribution in [2.75, 3.05) is 0 Å². The quantitative estimate of drug-likeness (QED) is 0.880. The van der Waals surface area contributed by atoms with Crippen LogP contribution in [0.15, 0.2) is 42.7 Å². The average molecular weight is 299 g/mol. The molecule has 2 atom stereocenters. The molecule has 1 aromatic carbocycles. The molecule has 1 heterocycles. The summed E-state index contributed by atoms with van der Waals surface area (Å²) in [4.78, 5) is 31.6. The van der Waals surface area contributed by atoms with E-state index in [1.165, 1.54) is 12.4 Å². The lowest BCUT2D eigenvalue weighted by molar-refractivity contribution is -0.142. The highest BCUT2D eigenvalue weighted by Gasteiger charge is 2.27. The van der Waals surface area contributed by atoms with Gasteiger partial charge in [0.05, 0.1) is 23.9 Å². The fourth-order valence-corrected chi connectivity index (χ4v) is 2.02. The minimum atomic E-state index is -0.982. The van der Waals surface area contributed by atoms with E-state index in [4.69, 9.17) is 0 Å². The molecule has 114 valence electrons. The molecule has 0 radical (unpaired) electrons. The summed E-state index contributed by atoms with van der Waals surface area (Å²) in [6, 6.07) is 8.36. The maximum atomic E-state index is 12.3. The number of nitrogens with zero attached hydrogens (tertiary/aromatic N) is 2. The summed E-state index contributed by atoms with van der Waals surface area (Å²) >= 11 is 0. The largest absolute Gasteiger partial charge is 0.481 e. The van der Waals surface area contributed by atoms with E-state index in [1.54, 1.807) is 38.1 Å². The highest BCUT2D eigenvalue weighted by molar-refractivity contribution is 5.92. The van der Waals surface area contributed by atoms with Gasteiger partial charge in [0, 0.05) is 6.20 Å². The van der Waals surface area contributed by atoms with Gasteiger partial charge in [-0.15, -0.1) is 0 Å². The van der Waals surface area contributed by atoms with Gasteiger partial charge >= 0.3 is 5.97 Å². The third kappa shape index (κ3) is 3.66. The first-order valence-electron chi connectivity index (χ1n) is 6.86. The Kier molecular flexibility index (Phi) is 4.83. The molecule has 2 N–H and O–H groups in total. The number of carboxylic acid groups (broad SMARTS) is 1. The van der Waals surface area contributed by atoms with Gasteiger partial charge in [-0.1, -0.05) is 30.3 Å². The third-order valence-corrected chi connectivity index (χ3v) is 3.35. The van der Waals surface area contributed by atoms with E-state index in [-0.39, 0.29) is 5.69 Å². The molecule has 0 fully saturated rings. The predicted molar refractivity (Wildman–Crippen MR) is 80.2 cm³/mol. The number of carbonyl (C=O) groups is 2. The van der Waals surface area contributed by atoms with Crippen molar-refractivity contribution in [1.82, 2.24) is 15.3 Å². The van der Waals surface area contributed by atoms with E-state index in [1.807, 2.05) is 6.07 Å². The second-order valence-electron chi connectivity index (χ2n) is 5.03. The molecule has 0 aliphatic rings. The highest BCUT2D eigenvalue weighted by Crippen LogP contribution is 2.22. The highest BCUT2D eigenvalue weighted by atomic mass is 16.4. The van der Waals surface area contributed by atoms with Crippen LogP contribution in [0.4, 0.5) is 0 Å². The Hall–Kier alpha value is -2.76. The number of rotatable bonds is 5. The van der Waals surface area contributed by atoms with Crippen LogP contribution in [0.2, 0.25) is 0 Å². The first-order chi connectivity index (χ1) is 10.5. The van der Waals surface area contributed by atoms with Crippen molar-refractivity contribution in [2.24, 2.45) is 5.92 Å². The molecule has 0 spiro atoms. The summed E-state index contributed by atoms with van der Waals surface area (Å²) < 4.78 is 0. The molecule has 6 nitrogen and oxygen atoms in total. The topological polar surface area (TPSA) is 92.2 Å². The molecule has 0 aliphatic heterocycles. The van der Waals surface area contributed by atoms with E-state index in [0.29, 0.717) is 5.69 Å². The smallest absolute Gasteiger partial charge is 0.308 e. The SMILES string of the molecule is Cc1cnc(C(=O)NC(c2ccccc2)C(C)C(=O)O)cn1. The van der Waals surface area contributed by atoms with Gasteiger partial charge in [0.2, 0.25) is 0 Å². The van der Waals surface area contributed by atoms with E-state index in [2.05, 4.69) is 15.3 Å². The first-order valence-corrected chi connectivity index (χ1v) is 6.86. The molecular formula is C16H17N3O3. The van der Waals surface area contributed by atoms with Gasteiger partial charge in [-0.25, -0.2) is 4.98 Å². The minimum absolute atomic E-state index is 0.157. The van der Waals surface area contributed by atoms with Crippen LogP contribution >= 0.6 is 0 Å². The third-order valence-electron chi connectivity index (χ3n) is 3.35. The second kappa shape index (κ2) is 6.80. The summed E-state index contributed by atoms with van der Waals surface area (Å²) in [5.41, 5.74) is 1.59. The number of aryl methyl sites for hydroxylation is 1. The molecule has 2 rings (SSSR count). The number of carboxylic acids is 1. The van der Waals surface area contributed by atoms with Crippen molar-refractivity contribution in [3.8, 4) is 0 Å². The first kappa shape index (κ1) is 15.6. The lowest BCUT2D eigenvalue weighted by Gasteiger charge is -2.22. The van der Waals surface area contributed by atoms with Crippen molar-refractivity contribution >= 4 is 11.9 Å². The summed E-state index contributed by atoms with van der Waals surface area (Å²) in [5.74, 6) is -2.21. The van der Waals surface area contributed by atoms with Crippen LogP contribution in [0.5, 0.6) is 0 Å². The number of hydrogen-bond donors (Lipinski definition) is 2. The fraction of sp³-hybridized carbons (Fsp3) is 0.250. The number of aromatic nitrogens is 2. The van der Waals surface area contributed by atoms with Crippen LogP contribution in [-0.2, 0) is 4.79 Å². The van der Waals surface area contributed by atoms with Crippen LogP contribution in [0.25, 0.3) is 0 Å². The molecule has 0 saturated heterocycles. The van der Waals surface area contributed by atoms with E-state index < -0.39 is 23.8 Å². The number of hydrogen-bond acceptors (Lipinski definition) is 4. The zero-order chi connectivity index (χ0) is 16.1. The summed E-state index contributed by atoms with van der Waals surface area (Å²) in [7, 11) is 0. The van der Waals surface area contributed by atoms with Gasteiger partial charge in [-0.05, 0) is 19.4 Å². The molecule has 2 aromatic rings. The molecular weight excluding hydrogens is 282 g/mol. The lowest BCUT2D eigenvalue weighted by atomic mass is 9.94. The van der Waals surface area contributed by atoms with Crippen LogP contribution in [0.3, 0.4) is 0 Å². The van der Waals surface area contributed by atoms with Crippen LogP contribution < -0.4 is 5.32 Å². The molecule has 1 aromatic heterocycles. The standard InChI is InChI=1S/C16H17N3O3/c1-10-8-18-13(9-17-10)15(20)19-14(11(2)16(21)22)12-6-4-3-5-7-12/h3-9,11,14H,1-2H3,(H,19,20)(H,21,22). The molecule has 0 saturated carbocycles. The van der Waals surface area contributed by atoms with Crippen molar-refractivity contribution in [3.05, 3.63) is 59.7 Å². The maximum absolute atomic E-state index is 12.3. The van der Waals surface area contributed by atoms with Crippen LogP contribution in [-0.4, -0.2) is 27.0 Å².